The summed E-state index contributed by atoms with van der Waals surface area (Å²) < 4.78 is 38.0. The number of benzene rings is 2. The molecule has 3 rings (SSSR count). The predicted molar refractivity (Wildman–Crippen MR) is 137 cm³/mol. The summed E-state index contributed by atoms with van der Waals surface area (Å²) in [6, 6.07) is 12.2. The van der Waals surface area contributed by atoms with E-state index in [1.54, 1.807) is 48.4 Å². The van der Waals surface area contributed by atoms with Crippen LogP contribution >= 0.6 is 0 Å². The number of likely N-dealkylation sites (N-methyl/N-ethyl adjacent to an activating group) is 1. The van der Waals surface area contributed by atoms with E-state index in [-0.39, 0.29) is 35.7 Å². The van der Waals surface area contributed by atoms with Gasteiger partial charge in [0, 0.05) is 31.7 Å². The van der Waals surface area contributed by atoms with Gasteiger partial charge in [-0.1, -0.05) is 0 Å². The summed E-state index contributed by atoms with van der Waals surface area (Å²) in [7, 11) is -0.595. The molecule has 2 aromatic carbocycles. The molecule has 1 fully saturated rings. The minimum absolute atomic E-state index is 0.154. The molecule has 1 atom stereocenters. The maximum absolute atomic E-state index is 13.4. The first-order valence-electron chi connectivity index (χ1n) is 12.1. The smallest absolute Gasteiger partial charge is 0.251 e. The normalized spacial score (nSPS) is 15.7. The molecule has 1 heterocycles. The Labute approximate surface area is 213 Å². The van der Waals surface area contributed by atoms with E-state index >= 15 is 0 Å². The van der Waals surface area contributed by atoms with Gasteiger partial charge in [-0.25, -0.2) is 8.42 Å². The number of hydrogen-bond donors (Lipinski definition) is 1. The molecule has 0 saturated carbocycles. The number of piperidine rings is 1. The lowest BCUT2D eigenvalue weighted by molar-refractivity contribution is -0.134. The van der Waals surface area contributed by atoms with Crippen LogP contribution in [0.1, 0.15) is 37.0 Å². The number of rotatable bonds is 10. The Bertz CT molecular complexity index is 1120. The lowest BCUT2D eigenvalue weighted by Gasteiger charge is -2.37. The van der Waals surface area contributed by atoms with Gasteiger partial charge in [-0.2, -0.15) is 4.31 Å². The second-order valence-corrected chi connectivity index (χ2v) is 10.5. The zero-order valence-corrected chi connectivity index (χ0v) is 22.1. The van der Waals surface area contributed by atoms with Crippen molar-refractivity contribution in [1.29, 1.82) is 0 Å². The van der Waals surface area contributed by atoms with E-state index < -0.39 is 16.1 Å². The lowest BCUT2D eigenvalue weighted by Crippen LogP contribution is -2.54. The van der Waals surface area contributed by atoms with Gasteiger partial charge in [0.15, 0.2) is 0 Å². The molecule has 36 heavy (non-hydrogen) atoms. The molecule has 0 unspecified atom stereocenters. The van der Waals surface area contributed by atoms with Crippen molar-refractivity contribution in [3.8, 4) is 11.5 Å². The second-order valence-electron chi connectivity index (χ2n) is 8.61. The third kappa shape index (κ3) is 6.17. The molecule has 2 aromatic rings. The summed E-state index contributed by atoms with van der Waals surface area (Å²) >= 11 is 0. The quantitative estimate of drug-likeness (QED) is 0.520. The van der Waals surface area contributed by atoms with Crippen LogP contribution < -0.4 is 14.8 Å². The largest absolute Gasteiger partial charge is 0.497 e. The van der Waals surface area contributed by atoms with E-state index in [1.165, 1.54) is 23.5 Å². The number of hydrogen-bond acceptors (Lipinski definition) is 6. The summed E-state index contributed by atoms with van der Waals surface area (Å²) in [6.07, 6.45) is 0.909. The van der Waals surface area contributed by atoms with E-state index in [0.717, 1.165) is 0 Å². The highest BCUT2D eigenvalue weighted by Gasteiger charge is 2.37. The van der Waals surface area contributed by atoms with E-state index in [2.05, 4.69) is 5.32 Å². The van der Waals surface area contributed by atoms with Crippen molar-refractivity contribution in [3.05, 3.63) is 54.1 Å². The second kappa shape index (κ2) is 12.2. The molecule has 0 radical (unpaired) electrons. The molecular formula is C26H35N3O6S. The Kier molecular flexibility index (Phi) is 9.33. The maximum atomic E-state index is 13.4. The van der Waals surface area contributed by atoms with Gasteiger partial charge < -0.3 is 19.7 Å². The van der Waals surface area contributed by atoms with Crippen LogP contribution in [0.5, 0.6) is 11.5 Å². The van der Waals surface area contributed by atoms with Crippen LogP contribution in [-0.4, -0.2) is 75.9 Å². The summed E-state index contributed by atoms with van der Waals surface area (Å²) in [4.78, 5) is 28.3. The molecule has 9 nitrogen and oxygen atoms in total. The van der Waals surface area contributed by atoms with Crippen molar-refractivity contribution < 1.29 is 27.5 Å². The van der Waals surface area contributed by atoms with Crippen molar-refractivity contribution in [2.75, 3.05) is 40.4 Å². The summed E-state index contributed by atoms with van der Waals surface area (Å²) in [5.41, 5.74) is 0.424. The Hall–Kier alpha value is -3.11. The van der Waals surface area contributed by atoms with Gasteiger partial charge in [-0.3, -0.25) is 9.59 Å². The van der Waals surface area contributed by atoms with Crippen molar-refractivity contribution >= 4 is 21.8 Å². The third-order valence-corrected chi connectivity index (χ3v) is 8.56. The molecule has 1 aliphatic rings. The van der Waals surface area contributed by atoms with Crippen molar-refractivity contribution in [3.63, 3.8) is 0 Å². The molecule has 0 bridgehead atoms. The zero-order valence-electron chi connectivity index (χ0n) is 21.3. The van der Waals surface area contributed by atoms with Gasteiger partial charge >= 0.3 is 0 Å². The minimum Gasteiger partial charge on any atom is -0.497 e. The van der Waals surface area contributed by atoms with Crippen LogP contribution in [0.15, 0.2) is 53.4 Å². The Morgan fingerprint density at radius 3 is 1.92 bits per heavy atom. The van der Waals surface area contributed by atoms with Crippen LogP contribution in [0, 0.1) is 5.92 Å². The van der Waals surface area contributed by atoms with Gasteiger partial charge in [0.25, 0.3) is 5.91 Å². The summed E-state index contributed by atoms with van der Waals surface area (Å²) in [5, 5.41) is 2.93. The third-order valence-electron chi connectivity index (χ3n) is 6.65. The molecule has 1 saturated heterocycles. The molecule has 196 valence electrons. The number of nitrogens with one attached hydrogen (secondary N) is 1. The van der Waals surface area contributed by atoms with Crippen LogP contribution in [0.2, 0.25) is 0 Å². The molecule has 1 N–H and O–H groups in total. The van der Waals surface area contributed by atoms with Crippen molar-refractivity contribution in [2.45, 2.75) is 37.6 Å². The Morgan fingerprint density at radius 2 is 1.44 bits per heavy atom. The van der Waals surface area contributed by atoms with E-state index in [4.69, 9.17) is 9.47 Å². The predicted octanol–water partition coefficient (Wildman–Crippen LogP) is 2.77. The number of methoxy groups -OCH3 is 2. The number of sulfonamides is 1. The number of amides is 2. The van der Waals surface area contributed by atoms with Gasteiger partial charge in [0.2, 0.25) is 15.9 Å². The first kappa shape index (κ1) is 27.5. The zero-order chi connectivity index (χ0) is 26.3. The van der Waals surface area contributed by atoms with Crippen LogP contribution in [-0.2, 0) is 14.8 Å². The number of carbonyl (C=O) groups excluding carboxylic acids is 2. The molecular weight excluding hydrogens is 482 g/mol. The SMILES string of the molecule is CCN(CC)C(=O)[C@@H](NC(=O)c1ccc(OC)cc1)C1CCN(S(=O)(=O)c2ccc(OC)cc2)CC1. The molecule has 0 spiro atoms. The molecule has 2 amide bonds. The standard InChI is InChI=1S/C26H35N3O6S/c1-5-28(6-2)26(31)24(27-25(30)20-7-9-21(34-3)10-8-20)19-15-17-29(18-16-19)36(32,33)23-13-11-22(35-4)12-14-23/h7-14,19,24H,5-6,15-18H2,1-4H3,(H,27,30)/t24-/m0/s1. The number of nitrogens with zero attached hydrogens (tertiary/aromatic N) is 2. The van der Waals surface area contributed by atoms with Crippen molar-refractivity contribution in [1.82, 2.24) is 14.5 Å². The topological polar surface area (TPSA) is 105 Å². The number of carbonyl (C=O) groups is 2. The highest BCUT2D eigenvalue weighted by atomic mass is 32.2. The van der Waals surface area contributed by atoms with E-state index in [1.807, 2.05) is 13.8 Å². The first-order valence-corrected chi connectivity index (χ1v) is 13.6. The van der Waals surface area contributed by atoms with Gasteiger partial charge in [-0.05, 0) is 81.1 Å². The monoisotopic (exact) mass is 517 g/mol. The average Bonchev–Trinajstić information content (AvgIpc) is 2.92. The molecule has 10 heteroatoms. The minimum atomic E-state index is -3.67. The number of ether oxygens (including phenoxy) is 2. The highest BCUT2D eigenvalue weighted by Crippen LogP contribution is 2.28. The van der Waals surface area contributed by atoms with Crippen LogP contribution in [0.4, 0.5) is 0 Å². The van der Waals surface area contributed by atoms with Gasteiger partial charge in [0.1, 0.15) is 17.5 Å². The fourth-order valence-electron chi connectivity index (χ4n) is 4.43. The molecule has 0 aromatic heterocycles. The van der Waals surface area contributed by atoms with Gasteiger partial charge in [0.05, 0.1) is 19.1 Å². The first-order chi connectivity index (χ1) is 17.2. The fraction of sp³-hybridized carbons (Fsp3) is 0.462. The summed E-state index contributed by atoms with van der Waals surface area (Å²) in [5.74, 6) is 0.517. The highest BCUT2D eigenvalue weighted by molar-refractivity contribution is 7.89. The maximum Gasteiger partial charge on any atom is 0.251 e. The van der Waals surface area contributed by atoms with Crippen molar-refractivity contribution in [2.24, 2.45) is 5.92 Å². The van der Waals surface area contributed by atoms with Crippen LogP contribution in [0.3, 0.4) is 0 Å². The fourth-order valence-corrected chi connectivity index (χ4v) is 5.90. The lowest BCUT2D eigenvalue weighted by atomic mass is 9.89. The van der Waals surface area contributed by atoms with E-state index in [0.29, 0.717) is 43.0 Å². The summed E-state index contributed by atoms with van der Waals surface area (Å²) in [6.45, 7) is 5.37. The molecule has 1 aliphatic heterocycles. The Balaban J connectivity index is 1.75. The Morgan fingerprint density at radius 1 is 0.944 bits per heavy atom. The molecule has 0 aliphatic carbocycles. The van der Waals surface area contributed by atoms with Crippen LogP contribution in [0.25, 0.3) is 0 Å². The average molecular weight is 518 g/mol. The van der Waals surface area contributed by atoms with Gasteiger partial charge in [-0.15, -0.1) is 0 Å². The van der Waals surface area contributed by atoms with E-state index in [9.17, 15) is 18.0 Å².